The summed E-state index contributed by atoms with van der Waals surface area (Å²) in [7, 11) is 2.15. The third kappa shape index (κ3) is 3.01. The van der Waals surface area contributed by atoms with E-state index in [-0.39, 0.29) is 0 Å². The van der Waals surface area contributed by atoms with Crippen molar-refractivity contribution in [2.75, 3.05) is 31.7 Å². The minimum absolute atomic E-state index is 0.513. The Balaban J connectivity index is 1.93. The number of fused-ring (bicyclic) bond motifs is 1. The zero-order valence-electron chi connectivity index (χ0n) is 12.6. The van der Waals surface area contributed by atoms with E-state index in [4.69, 9.17) is 10.5 Å². The van der Waals surface area contributed by atoms with Gasteiger partial charge in [-0.2, -0.15) is 0 Å². The first kappa shape index (κ1) is 14.3. The topological polar surface area (TPSA) is 51.4 Å². The molecule has 4 nitrogen and oxygen atoms in total. The molecule has 1 aromatic carbocycles. The van der Waals surface area contributed by atoms with Crippen molar-refractivity contribution in [3.63, 3.8) is 0 Å². The molecule has 2 aromatic rings. The van der Waals surface area contributed by atoms with Crippen molar-refractivity contribution < 1.29 is 4.74 Å². The summed E-state index contributed by atoms with van der Waals surface area (Å²) in [6.07, 6.45) is 4.32. The van der Waals surface area contributed by atoms with Gasteiger partial charge in [0, 0.05) is 43.9 Å². The quantitative estimate of drug-likeness (QED) is 0.938. The normalized spacial score (nSPS) is 18.9. The Labute approximate surface area is 125 Å². The smallest absolute Gasteiger partial charge is 0.0723 e. The van der Waals surface area contributed by atoms with Crippen molar-refractivity contribution in [1.29, 1.82) is 0 Å². The average Bonchev–Trinajstić information content (AvgIpc) is 2.54. The maximum absolute atomic E-state index is 5.92. The van der Waals surface area contributed by atoms with Gasteiger partial charge in [0.2, 0.25) is 0 Å². The molecule has 1 unspecified atom stereocenters. The average molecular weight is 285 g/mol. The van der Waals surface area contributed by atoms with Gasteiger partial charge in [0.15, 0.2) is 0 Å². The lowest BCUT2D eigenvalue weighted by atomic mass is 10.0. The van der Waals surface area contributed by atoms with Crippen LogP contribution in [0.4, 0.5) is 5.69 Å². The third-order valence-corrected chi connectivity index (χ3v) is 4.21. The van der Waals surface area contributed by atoms with Crippen LogP contribution in [0.25, 0.3) is 10.9 Å². The molecule has 21 heavy (non-hydrogen) atoms. The summed E-state index contributed by atoms with van der Waals surface area (Å²) < 4.78 is 5.60. The van der Waals surface area contributed by atoms with Gasteiger partial charge >= 0.3 is 0 Å². The van der Waals surface area contributed by atoms with E-state index in [9.17, 15) is 0 Å². The van der Waals surface area contributed by atoms with Crippen molar-refractivity contribution in [1.82, 2.24) is 4.98 Å². The molecule has 0 amide bonds. The van der Waals surface area contributed by atoms with E-state index < -0.39 is 0 Å². The SMILES string of the molecule is CN(CC1CCCOC1)c1c(CN)cnc2ccccc12. The maximum Gasteiger partial charge on any atom is 0.0723 e. The molecule has 1 aliphatic heterocycles. The molecular weight excluding hydrogens is 262 g/mol. The molecule has 3 rings (SSSR count). The molecule has 1 saturated heterocycles. The predicted octanol–water partition coefficient (Wildman–Crippen LogP) is 2.56. The highest BCUT2D eigenvalue weighted by molar-refractivity contribution is 5.93. The predicted molar refractivity (Wildman–Crippen MR) is 86.4 cm³/mol. The summed E-state index contributed by atoms with van der Waals surface area (Å²) in [6.45, 7) is 3.29. The van der Waals surface area contributed by atoms with Gasteiger partial charge in [0.1, 0.15) is 0 Å². The van der Waals surface area contributed by atoms with E-state index in [1.54, 1.807) is 0 Å². The first-order valence-corrected chi connectivity index (χ1v) is 7.65. The lowest BCUT2D eigenvalue weighted by Crippen LogP contribution is -2.31. The molecule has 0 spiro atoms. The van der Waals surface area contributed by atoms with Crippen molar-refractivity contribution in [3.05, 3.63) is 36.0 Å². The second kappa shape index (κ2) is 6.41. The number of para-hydroxylation sites is 1. The number of rotatable bonds is 4. The van der Waals surface area contributed by atoms with Crippen LogP contribution in [-0.4, -0.2) is 31.8 Å². The molecule has 1 atom stereocenters. The standard InChI is InChI=1S/C17H23N3O/c1-20(11-13-5-4-8-21-12-13)17-14(9-18)10-19-16-7-3-2-6-15(16)17/h2-3,6-7,10,13H,4-5,8-9,11-12,18H2,1H3. The number of pyridine rings is 1. The number of hydrogen-bond donors (Lipinski definition) is 1. The summed E-state index contributed by atoms with van der Waals surface area (Å²) in [5.74, 6) is 0.598. The Hall–Kier alpha value is -1.65. The first-order valence-electron chi connectivity index (χ1n) is 7.65. The Morgan fingerprint density at radius 1 is 1.38 bits per heavy atom. The fourth-order valence-corrected chi connectivity index (χ4v) is 3.20. The van der Waals surface area contributed by atoms with Gasteiger partial charge in [-0.3, -0.25) is 4.98 Å². The number of nitrogens with two attached hydrogens (primary N) is 1. The number of ether oxygens (including phenoxy) is 1. The molecule has 0 bridgehead atoms. The van der Waals surface area contributed by atoms with Crippen LogP contribution in [0.3, 0.4) is 0 Å². The van der Waals surface area contributed by atoms with Gasteiger partial charge < -0.3 is 15.4 Å². The van der Waals surface area contributed by atoms with Crippen LogP contribution in [0.5, 0.6) is 0 Å². The minimum Gasteiger partial charge on any atom is -0.381 e. The molecule has 0 radical (unpaired) electrons. The lowest BCUT2D eigenvalue weighted by Gasteiger charge is -2.30. The Kier molecular flexibility index (Phi) is 4.36. The van der Waals surface area contributed by atoms with Gasteiger partial charge in [-0.1, -0.05) is 18.2 Å². The molecule has 4 heteroatoms. The molecule has 0 saturated carbocycles. The van der Waals surface area contributed by atoms with Crippen LogP contribution in [0.2, 0.25) is 0 Å². The number of benzene rings is 1. The van der Waals surface area contributed by atoms with Crippen LogP contribution >= 0.6 is 0 Å². The van der Waals surface area contributed by atoms with Crippen molar-refractivity contribution in [2.45, 2.75) is 19.4 Å². The number of aromatic nitrogens is 1. The molecule has 2 N–H and O–H groups in total. The molecule has 112 valence electrons. The van der Waals surface area contributed by atoms with Crippen LogP contribution < -0.4 is 10.6 Å². The minimum atomic E-state index is 0.513. The van der Waals surface area contributed by atoms with Crippen LogP contribution in [0, 0.1) is 5.92 Å². The van der Waals surface area contributed by atoms with Crippen molar-refractivity contribution in [2.24, 2.45) is 11.7 Å². The van der Waals surface area contributed by atoms with E-state index in [2.05, 4.69) is 35.1 Å². The lowest BCUT2D eigenvalue weighted by molar-refractivity contribution is 0.0576. The van der Waals surface area contributed by atoms with Crippen molar-refractivity contribution >= 4 is 16.6 Å². The summed E-state index contributed by atoms with van der Waals surface area (Å²) in [6, 6.07) is 8.27. The van der Waals surface area contributed by atoms with Gasteiger partial charge in [0.25, 0.3) is 0 Å². The van der Waals surface area contributed by atoms with E-state index in [0.717, 1.165) is 30.8 Å². The molecule has 1 fully saturated rings. The van der Waals surface area contributed by atoms with Crippen LogP contribution in [0.1, 0.15) is 18.4 Å². The van der Waals surface area contributed by atoms with Gasteiger partial charge in [-0.25, -0.2) is 0 Å². The van der Waals surface area contributed by atoms with E-state index in [0.29, 0.717) is 12.5 Å². The van der Waals surface area contributed by atoms with E-state index in [1.807, 2.05) is 12.3 Å². The Bertz CT molecular complexity index is 608. The fraction of sp³-hybridized carbons (Fsp3) is 0.471. The second-order valence-electron chi connectivity index (χ2n) is 5.82. The fourth-order valence-electron chi connectivity index (χ4n) is 3.20. The van der Waals surface area contributed by atoms with Gasteiger partial charge in [-0.05, 0) is 24.8 Å². The molecule has 2 heterocycles. The highest BCUT2D eigenvalue weighted by atomic mass is 16.5. The zero-order valence-corrected chi connectivity index (χ0v) is 12.6. The second-order valence-corrected chi connectivity index (χ2v) is 5.82. The number of nitrogens with zero attached hydrogens (tertiary/aromatic N) is 2. The van der Waals surface area contributed by atoms with E-state index in [1.165, 1.54) is 23.9 Å². The summed E-state index contributed by atoms with van der Waals surface area (Å²) in [4.78, 5) is 6.84. The molecule has 1 aromatic heterocycles. The summed E-state index contributed by atoms with van der Waals surface area (Å²) >= 11 is 0. The van der Waals surface area contributed by atoms with Crippen molar-refractivity contribution in [3.8, 4) is 0 Å². The Morgan fingerprint density at radius 3 is 3.00 bits per heavy atom. The molecular formula is C17H23N3O. The third-order valence-electron chi connectivity index (χ3n) is 4.21. The number of hydrogen-bond acceptors (Lipinski definition) is 4. The molecule has 1 aliphatic rings. The number of anilines is 1. The summed E-state index contributed by atoms with van der Waals surface area (Å²) in [5.41, 5.74) is 9.27. The van der Waals surface area contributed by atoms with E-state index >= 15 is 0 Å². The van der Waals surface area contributed by atoms with Gasteiger partial charge in [0.05, 0.1) is 17.8 Å². The maximum atomic E-state index is 5.92. The first-order chi connectivity index (χ1) is 10.3. The van der Waals surface area contributed by atoms with Gasteiger partial charge in [-0.15, -0.1) is 0 Å². The van der Waals surface area contributed by atoms with Crippen LogP contribution in [0.15, 0.2) is 30.5 Å². The Morgan fingerprint density at radius 2 is 2.24 bits per heavy atom. The summed E-state index contributed by atoms with van der Waals surface area (Å²) in [5, 5.41) is 1.18. The monoisotopic (exact) mass is 285 g/mol. The zero-order chi connectivity index (χ0) is 14.7. The highest BCUT2D eigenvalue weighted by Crippen LogP contribution is 2.30. The van der Waals surface area contributed by atoms with Crippen LogP contribution in [-0.2, 0) is 11.3 Å². The highest BCUT2D eigenvalue weighted by Gasteiger charge is 2.19. The molecule has 0 aliphatic carbocycles. The largest absolute Gasteiger partial charge is 0.381 e.